The summed E-state index contributed by atoms with van der Waals surface area (Å²) < 4.78 is 1.40. The lowest BCUT2D eigenvalue weighted by Crippen LogP contribution is -2.50. The molecule has 29 heavy (non-hydrogen) atoms. The molecule has 0 bridgehead atoms. The number of aliphatic hydroxyl groups is 1. The summed E-state index contributed by atoms with van der Waals surface area (Å²) in [7, 11) is 0. The topological polar surface area (TPSA) is 105 Å². The monoisotopic (exact) mass is 440 g/mol. The molecule has 1 aromatic heterocycles. The number of benzene rings is 1. The number of fused-ring (bicyclic) bond motifs is 1. The van der Waals surface area contributed by atoms with Gasteiger partial charge in [-0.2, -0.15) is 0 Å². The lowest BCUT2D eigenvalue weighted by molar-refractivity contribution is -0.135. The van der Waals surface area contributed by atoms with Crippen molar-refractivity contribution >= 4 is 45.9 Å². The molecule has 1 saturated heterocycles. The molecular weight excluding hydrogens is 419 g/mol. The second kappa shape index (κ2) is 9.11. The van der Waals surface area contributed by atoms with Crippen molar-refractivity contribution in [3.05, 3.63) is 39.9 Å². The molecule has 0 atom stereocenters. The molecule has 3 rings (SSSR count). The van der Waals surface area contributed by atoms with E-state index in [1.165, 1.54) is 10.9 Å². The molecule has 1 aromatic carbocycles. The van der Waals surface area contributed by atoms with Crippen molar-refractivity contribution in [1.82, 2.24) is 19.8 Å². The lowest BCUT2D eigenvalue weighted by atomic mass is 9.91. The Morgan fingerprint density at radius 2 is 2.00 bits per heavy atom. The number of likely N-dealkylation sites (tertiary alicyclic amines) is 1. The van der Waals surface area contributed by atoms with Crippen LogP contribution in [-0.4, -0.2) is 62.5 Å². The molecule has 0 saturated carbocycles. The summed E-state index contributed by atoms with van der Waals surface area (Å²) in [5.74, 6) is -0.548. The summed E-state index contributed by atoms with van der Waals surface area (Å²) in [6, 6.07) is 4.88. The van der Waals surface area contributed by atoms with Crippen LogP contribution in [0.1, 0.15) is 19.3 Å². The van der Waals surface area contributed by atoms with E-state index in [4.69, 9.17) is 23.2 Å². The lowest BCUT2D eigenvalue weighted by Gasteiger charge is -2.38. The van der Waals surface area contributed by atoms with E-state index in [2.05, 4.69) is 10.3 Å². The molecule has 8 nitrogen and oxygen atoms in total. The highest BCUT2D eigenvalue weighted by atomic mass is 35.5. The molecule has 156 valence electrons. The number of carbonyl (C=O) groups is 2. The van der Waals surface area contributed by atoms with Gasteiger partial charge in [-0.15, -0.1) is 11.6 Å². The molecule has 1 fully saturated rings. The Morgan fingerprint density at radius 1 is 1.28 bits per heavy atom. The number of nitrogens with one attached hydrogen (secondary N) is 1. The minimum atomic E-state index is -1.10. The van der Waals surface area contributed by atoms with Gasteiger partial charge in [0.25, 0.3) is 5.56 Å². The standard InChI is InChI=1S/C19H22Cl2N4O4/c20-10-16(26)22-6-3-17(27)24-7-4-19(29,5-8-24)11-25-12-23-15-9-13(21)1-2-14(15)18(25)28/h1-2,9,12,29H,3-8,10-11H2,(H,22,26). The fourth-order valence-electron chi connectivity index (χ4n) is 3.41. The number of nitrogens with zero attached hydrogens (tertiary/aromatic N) is 3. The number of alkyl halides is 1. The third-order valence-corrected chi connectivity index (χ3v) is 5.56. The molecule has 0 aliphatic carbocycles. The van der Waals surface area contributed by atoms with E-state index >= 15 is 0 Å². The zero-order chi connectivity index (χ0) is 21.0. The largest absolute Gasteiger partial charge is 0.388 e. The summed E-state index contributed by atoms with van der Waals surface area (Å²) in [5.41, 5.74) is -0.837. The third kappa shape index (κ3) is 5.26. The molecule has 0 radical (unpaired) electrons. The fraction of sp³-hybridized carbons (Fsp3) is 0.474. The van der Waals surface area contributed by atoms with Crippen LogP contribution in [-0.2, 0) is 16.1 Å². The summed E-state index contributed by atoms with van der Waals surface area (Å²) >= 11 is 11.3. The highest BCUT2D eigenvalue weighted by Crippen LogP contribution is 2.24. The first kappa shape index (κ1) is 21.5. The van der Waals surface area contributed by atoms with Crippen LogP contribution in [0, 0.1) is 0 Å². The normalized spacial score (nSPS) is 16.0. The molecule has 0 spiro atoms. The minimum absolute atomic E-state index is 0.0941. The number of amides is 2. The Bertz CT molecular complexity index is 970. The van der Waals surface area contributed by atoms with Crippen molar-refractivity contribution in [3.8, 4) is 0 Å². The average Bonchev–Trinajstić information content (AvgIpc) is 2.70. The van der Waals surface area contributed by atoms with Crippen molar-refractivity contribution in [1.29, 1.82) is 0 Å². The van der Waals surface area contributed by atoms with Gasteiger partial charge in [-0.1, -0.05) is 11.6 Å². The minimum Gasteiger partial charge on any atom is -0.388 e. The van der Waals surface area contributed by atoms with Crippen molar-refractivity contribution in [2.24, 2.45) is 0 Å². The molecule has 0 unspecified atom stereocenters. The maximum atomic E-state index is 12.7. The van der Waals surface area contributed by atoms with Gasteiger partial charge in [0.1, 0.15) is 5.88 Å². The van der Waals surface area contributed by atoms with Crippen molar-refractivity contribution in [2.75, 3.05) is 25.5 Å². The Morgan fingerprint density at radius 3 is 2.69 bits per heavy atom. The van der Waals surface area contributed by atoms with E-state index in [0.717, 1.165) is 0 Å². The molecule has 2 N–H and O–H groups in total. The Balaban J connectivity index is 1.59. The van der Waals surface area contributed by atoms with E-state index in [-0.39, 0.29) is 42.8 Å². The van der Waals surface area contributed by atoms with Crippen molar-refractivity contribution < 1.29 is 14.7 Å². The van der Waals surface area contributed by atoms with Crippen LogP contribution in [0.15, 0.2) is 29.3 Å². The van der Waals surface area contributed by atoms with Gasteiger partial charge in [-0.05, 0) is 31.0 Å². The number of hydrogen-bond donors (Lipinski definition) is 2. The van der Waals surface area contributed by atoms with Crippen molar-refractivity contribution in [3.63, 3.8) is 0 Å². The molecule has 1 aliphatic rings. The number of halogens is 2. The molecule has 10 heteroatoms. The van der Waals surface area contributed by atoms with Crippen LogP contribution in [0.5, 0.6) is 0 Å². The summed E-state index contributed by atoms with van der Waals surface area (Å²) in [5, 5.41) is 14.4. The van der Waals surface area contributed by atoms with Crippen LogP contribution < -0.4 is 10.9 Å². The van der Waals surface area contributed by atoms with Crippen LogP contribution in [0.25, 0.3) is 10.9 Å². The summed E-state index contributed by atoms with van der Waals surface area (Å²) in [6.45, 7) is 1.09. The van der Waals surface area contributed by atoms with Gasteiger partial charge in [0.05, 0.1) is 29.4 Å². The third-order valence-electron chi connectivity index (χ3n) is 5.08. The van der Waals surface area contributed by atoms with Crippen molar-refractivity contribution in [2.45, 2.75) is 31.4 Å². The smallest absolute Gasteiger partial charge is 0.261 e. The fourth-order valence-corrected chi connectivity index (χ4v) is 3.67. The first-order chi connectivity index (χ1) is 13.8. The van der Waals surface area contributed by atoms with Crippen LogP contribution in [0.4, 0.5) is 0 Å². The highest BCUT2D eigenvalue weighted by Gasteiger charge is 2.34. The van der Waals surface area contributed by atoms with E-state index in [1.54, 1.807) is 23.1 Å². The number of piperidine rings is 1. The van der Waals surface area contributed by atoms with Crippen LogP contribution in [0.3, 0.4) is 0 Å². The van der Waals surface area contributed by atoms with Gasteiger partial charge in [0.2, 0.25) is 11.8 Å². The average molecular weight is 441 g/mol. The molecular formula is C19H22Cl2N4O4. The summed E-state index contributed by atoms with van der Waals surface area (Å²) in [4.78, 5) is 42.0. The molecule has 2 aromatic rings. The predicted molar refractivity (Wildman–Crippen MR) is 110 cm³/mol. The van der Waals surface area contributed by atoms with E-state index < -0.39 is 5.60 Å². The van der Waals surface area contributed by atoms with E-state index in [0.29, 0.717) is 41.9 Å². The highest BCUT2D eigenvalue weighted by molar-refractivity contribution is 6.31. The maximum Gasteiger partial charge on any atom is 0.261 e. The quantitative estimate of drug-likeness (QED) is 0.655. The van der Waals surface area contributed by atoms with E-state index in [9.17, 15) is 19.5 Å². The Kier molecular flexibility index (Phi) is 6.77. The van der Waals surface area contributed by atoms with Gasteiger partial charge in [-0.3, -0.25) is 19.0 Å². The SMILES string of the molecule is O=C(CCl)NCCC(=O)N1CCC(O)(Cn2cnc3cc(Cl)ccc3c2=O)CC1. The number of carbonyl (C=O) groups excluding carboxylic acids is 2. The zero-order valence-corrected chi connectivity index (χ0v) is 17.2. The molecule has 2 heterocycles. The van der Waals surface area contributed by atoms with Gasteiger partial charge < -0.3 is 15.3 Å². The second-order valence-electron chi connectivity index (χ2n) is 7.18. The van der Waals surface area contributed by atoms with Gasteiger partial charge >= 0.3 is 0 Å². The maximum absolute atomic E-state index is 12.7. The second-order valence-corrected chi connectivity index (χ2v) is 7.88. The Labute approximate surface area is 177 Å². The van der Waals surface area contributed by atoms with Gasteiger partial charge in [0, 0.05) is 31.1 Å². The molecule has 1 aliphatic heterocycles. The zero-order valence-electron chi connectivity index (χ0n) is 15.7. The van der Waals surface area contributed by atoms with Crippen LogP contribution in [0.2, 0.25) is 5.02 Å². The first-order valence-electron chi connectivity index (χ1n) is 9.29. The van der Waals surface area contributed by atoms with E-state index in [1.807, 2.05) is 0 Å². The number of aromatic nitrogens is 2. The first-order valence-corrected chi connectivity index (χ1v) is 10.2. The van der Waals surface area contributed by atoms with Gasteiger partial charge in [0.15, 0.2) is 0 Å². The Hall–Kier alpha value is -2.16. The van der Waals surface area contributed by atoms with Crippen LogP contribution >= 0.6 is 23.2 Å². The number of rotatable bonds is 6. The number of hydrogen-bond acceptors (Lipinski definition) is 5. The van der Waals surface area contributed by atoms with Gasteiger partial charge in [-0.25, -0.2) is 4.98 Å². The molecule has 2 amide bonds. The summed E-state index contributed by atoms with van der Waals surface area (Å²) in [6.07, 6.45) is 2.28. The predicted octanol–water partition coefficient (Wildman–Crippen LogP) is 1.15.